The van der Waals surface area contributed by atoms with Crippen LogP contribution in [0.2, 0.25) is 0 Å². The van der Waals surface area contributed by atoms with Crippen LogP contribution in [0.5, 0.6) is 5.75 Å². The van der Waals surface area contributed by atoms with E-state index >= 15 is 0 Å². The lowest BCUT2D eigenvalue weighted by Gasteiger charge is -2.19. The fraction of sp³-hybridized carbons (Fsp3) is 0.286. The number of ether oxygens (including phenoxy) is 1. The third kappa shape index (κ3) is 5.85. The molecule has 0 aromatic heterocycles. The summed E-state index contributed by atoms with van der Waals surface area (Å²) in [5.41, 5.74) is 3.99. The fourth-order valence-electron chi connectivity index (χ4n) is 3.42. The number of amides is 1. The number of nitrogens with one attached hydrogen (secondary N) is 1. The minimum absolute atomic E-state index is 0.0299. The smallest absolute Gasteiger partial charge is 0.265 e. The van der Waals surface area contributed by atoms with Crippen molar-refractivity contribution in [3.8, 4) is 5.75 Å². The van der Waals surface area contributed by atoms with E-state index in [4.69, 9.17) is 4.74 Å². The van der Waals surface area contributed by atoms with E-state index in [1.165, 1.54) is 5.56 Å². The van der Waals surface area contributed by atoms with Crippen molar-refractivity contribution in [2.45, 2.75) is 52.6 Å². The largest absolute Gasteiger partial charge is 0.481 e. The van der Waals surface area contributed by atoms with Crippen molar-refractivity contribution in [3.63, 3.8) is 0 Å². The summed E-state index contributed by atoms with van der Waals surface area (Å²) in [6, 6.07) is 22.3. The van der Waals surface area contributed by atoms with Gasteiger partial charge in [0.2, 0.25) is 0 Å². The van der Waals surface area contributed by atoms with Gasteiger partial charge in [0, 0.05) is 16.8 Å². The summed E-state index contributed by atoms with van der Waals surface area (Å²) in [6.07, 6.45) is -0.0977. The molecule has 166 valence electrons. The molecule has 3 aromatic carbocycles. The molecule has 3 rings (SSSR count). The van der Waals surface area contributed by atoms with E-state index in [2.05, 4.69) is 26.1 Å². The number of carbonyl (C=O) groups excluding carboxylic acids is 2. The highest BCUT2D eigenvalue weighted by Crippen LogP contribution is 2.23. The maximum atomic E-state index is 13.0. The van der Waals surface area contributed by atoms with E-state index in [0.29, 0.717) is 29.0 Å². The average molecular weight is 430 g/mol. The van der Waals surface area contributed by atoms with Crippen LogP contribution in [-0.4, -0.2) is 17.8 Å². The van der Waals surface area contributed by atoms with Crippen LogP contribution in [0, 0.1) is 6.92 Å². The Labute approximate surface area is 190 Å². The summed E-state index contributed by atoms with van der Waals surface area (Å²) in [5.74, 6) is 0.340. The number of hydrogen-bond donors (Lipinski definition) is 1. The van der Waals surface area contributed by atoms with Gasteiger partial charge in [0.1, 0.15) is 5.75 Å². The molecule has 1 atom stereocenters. The molecule has 3 aromatic rings. The fourth-order valence-corrected chi connectivity index (χ4v) is 3.42. The molecule has 32 heavy (non-hydrogen) atoms. The number of hydrogen-bond acceptors (Lipinski definition) is 3. The normalized spacial score (nSPS) is 12.2. The minimum atomic E-state index is -0.624. The van der Waals surface area contributed by atoms with Crippen LogP contribution in [-0.2, 0) is 10.2 Å². The number of aryl methyl sites for hydroxylation is 1. The predicted molar refractivity (Wildman–Crippen MR) is 130 cm³/mol. The van der Waals surface area contributed by atoms with E-state index in [1.807, 2.05) is 62.4 Å². The van der Waals surface area contributed by atoms with Crippen LogP contribution in [0.1, 0.15) is 61.2 Å². The number of anilines is 1. The molecule has 1 amide bonds. The summed E-state index contributed by atoms with van der Waals surface area (Å²) < 4.78 is 5.89. The molecule has 0 aliphatic rings. The maximum Gasteiger partial charge on any atom is 0.265 e. The van der Waals surface area contributed by atoms with Gasteiger partial charge in [-0.15, -0.1) is 0 Å². The average Bonchev–Trinajstić information content (AvgIpc) is 2.76. The van der Waals surface area contributed by atoms with E-state index in [0.717, 1.165) is 5.56 Å². The van der Waals surface area contributed by atoms with Crippen LogP contribution in [0.3, 0.4) is 0 Å². The van der Waals surface area contributed by atoms with Crippen LogP contribution in [0.25, 0.3) is 0 Å². The Morgan fingerprint density at radius 3 is 2.22 bits per heavy atom. The van der Waals surface area contributed by atoms with Crippen molar-refractivity contribution in [1.29, 1.82) is 0 Å². The quantitative estimate of drug-likeness (QED) is 0.447. The van der Waals surface area contributed by atoms with Crippen molar-refractivity contribution in [2.24, 2.45) is 0 Å². The zero-order chi connectivity index (χ0) is 23.3. The van der Waals surface area contributed by atoms with Crippen molar-refractivity contribution in [3.05, 3.63) is 95.1 Å². The summed E-state index contributed by atoms with van der Waals surface area (Å²) in [4.78, 5) is 25.8. The Morgan fingerprint density at radius 1 is 0.906 bits per heavy atom. The van der Waals surface area contributed by atoms with Gasteiger partial charge in [-0.3, -0.25) is 9.59 Å². The summed E-state index contributed by atoms with van der Waals surface area (Å²) in [5, 5.41) is 2.89. The number of carbonyl (C=O) groups is 2. The van der Waals surface area contributed by atoms with Gasteiger partial charge in [0.05, 0.1) is 0 Å². The molecule has 0 unspecified atom stereocenters. The molecule has 4 heteroatoms. The minimum Gasteiger partial charge on any atom is -0.481 e. The first kappa shape index (κ1) is 23.3. The predicted octanol–water partition coefficient (Wildman–Crippen LogP) is 6.32. The van der Waals surface area contributed by atoms with Crippen molar-refractivity contribution in [2.75, 3.05) is 5.32 Å². The zero-order valence-electron chi connectivity index (χ0n) is 19.4. The molecule has 0 saturated carbocycles. The lowest BCUT2D eigenvalue weighted by Crippen LogP contribution is -2.32. The Morgan fingerprint density at radius 2 is 1.59 bits per heavy atom. The topological polar surface area (TPSA) is 55.4 Å². The number of benzene rings is 3. The monoisotopic (exact) mass is 429 g/mol. The zero-order valence-corrected chi connectivity index (χ0v) is 19.4. The molecule has 0 radical (unpaired) electrons. The molecule has 1 N–H and O–H groups in total. The Hall–Kier alpha value is -3.40. The third-order valence-electron chi connectivity index (χ3n) is 5.34. The molecular formula is C28H31NO3. The molecule has 0 aliphatic heterocycles. The van der Waals surface area contributed by atoms with Gasteiger partial charge in [-0.1, -0.05) is 76.2 Å². The van der Waals surface area contributed by atoms with Gasteiger partial charge in [0.15, 0.2) is 11.9 Å². The van der Waals surface area contributed by atoms with Gasteiger partial charge in [-0.05, 0) is 54.2 Å². The summed E-state index contributed by atoms with van der Waals surface area (Å²) >= 11 is 0. The molecule has 0 bridgehead atoms. The van der Waals surface area contributed by atoms with Gasteiger partial charge in [0.25, 0.3) is 5.91 Å². The van der Waals surface area contributed by atoms with Crippen LogP contribution >= 0.6 is 0 Å². The Kier molecular flexibility index (Phi) is 7.14. The van der Waals surface area contributed by atoms with E-state index in [9.17, 15) is 9.59 Å². The lowest BCUT2D eigenvalue weighted by atomic mass is 9.86. The molecule has 0 fully saturated rings. The molecular weight excluding hydrogens is 398 g/mol. The van der Waals surface area contributed by atoms with Crippen molar-refractivity contribution in [1.82, 2.24) is 0 Å². The number of rotatable bonds is 7. The number of ketones is 1. The SMILES string of the molecule is CC[C@@H](Oc1cccc(C)c1)C(=O)Nc1cccc(C(=O)c2ccc(C(C)(C)C)cc2)c1. The third-order valence-corrected chi connectivity index (χ3v) is 5.34. The first-order chi connectivity index (χ1) is 15.2. The molecule has 0 heterocycles. The Balaban J connectivity index is 1.72. The second kappa shape index (κ2) is 9.82. The molecule has 0 aliphatic carbocycles. The van der Waals surface area contributed by atoms with E-state index < -0.39 is 6.10 Å². The van der Waals surface area contributed by atoms with Crippen molar-refractivity contribution >= 4 is 17.4 Å². The summed E-state index contributed by atoms with van der Waals surface area (Å²) in [7, 11) is 0. The van der Waals surface area contributed by atoms with Crippen LogP contribution in [0.4, 0.5) is 5.69 Å². The Bertz CT molecular complexity index is 1090. The second-order valence-corrected chi connectivity index (χ2v) is 9.06. The lowest BCUT2D eigenvalue weighted by molar-refractivity contribution is -0.122. The van der Waals surface area contributed by atoms with E-state index in [-0.39, 0.29) is 17.1 Å². The maximum absolute atomic E-state index is 13.0. The first-order valence-electron chi connectivity index (χ1n) is 11.0. The highest BCUT2D eigenvalue weighted by atomic mass is 16.5. The standard InChI is InChI=1S/C28H31NO3/c1-6-25(32-24-12-7-9-19(2)17-24)27(31)29-23-11-8-10-21(18-23)26(30)20-13-15-22(16-14-20)28(3,4)5/h7-18,25H,6H2,1-5H3,(H,29,31)/t25-/m1/s1. The molecule has 0 spiro atoms. The first-order valence-corrected chi connectivity index (χ1v) is 11.0. The summed E-state index contributed by atoms with van der Waals surface area (Å²) in [6.45, 7) is 10.3. The van der Waals surface area contributed by atoms with Gasteiger partial charge < -0.3 is 10.1 Å². The van der Waals surface area contributed by atoms with E-state index in [1.54, 1.807) is 24.3 Å². The molecule has 0 saturated heterocycles. The van der Waals surface area contributed by atoms with Gasteiger partial charge in [-0.25, -0.2) is 0 Å². The van der Waals surface area contributed by atoms with Crippen LogP contribution in [0.15, 0.2) is 72.8 Å². The van der Waals surface area contributed by atoms with Gasteiger partial charge >= 0.3 is 0 Å². The van der Waals surface area contributed by atoms with Gasteiger partial charge in [-0.2, -0.15) is 0 Å². The van der Waals surface area contributed by atoms with Crippen molar-refractivity contribution < 1.29 is 14.3 Å². The highest BCUT2D eigenvalue weighted by Gasteiger charge is 2.20. The van der Waals surface area contributed by atoms with Crippen LogP contribution < -0.4 is 10.1 Å². The molecule has 4 nitrogen and oxygen atoms in total. The highest BCUT2D eigenvalue weighted by molar-refractivity contribution is 6.09. The second-order valence-electron chi connectivity index (χ2n) is 9.06.